The van der Waals surface area contributed by atoms with Crippen molar-refractivity contribution in [2.75, 3.05) is 26.3 Å². The van der Waals surface area contributed by atoms with Gasteiger partial charge in [-0.2, -0.15) is 0 Å². The summed E-state index contributed by atoms with van der Waals surface area (Å²) in [6, 6.07) is 4.05. The Hall–Kier alpha value is -0.390. The van der Waals surface area contributed by atoms with Gasteiger partial charge in [-0.3, -0.25) is 0 Å². The Bertz CT molecular complexity index is 354. The largest absolute Gasteiger partial charge is 0.376 e. The van der Waals surface area contributed by atoms with Crippen molar-refractivity contribution in [2.24, 2.45) is 5.73 Å². The number of nitrogens with one attached hydrogen (secondary N) is 1. The molecule has 0 aliphatic heterocycles. The molecule has 1 heterocycles. The first-order valence-electron chi connectivity index (χ1n) is 5.54. The molecular weight excluding hydrogens is 256 g/mol. The van der Waals surface area contributed by atoms with Crippen molar-refractivity contribution in [3.8, 4) is 0 Å². The highest BCUT2D eigenvalue weighted by Gasteiger charge is 2.10. The second kappa shape index (κ2) is 7.84. The number of hydrogen-bond acceptors (Lipinski definition) is 4. The molecule has 0 saturated carbocycles. The molecule has 1 aromatic rings. The van der Waals surface area contributed by atoms with Crippen LogP contribution >= 0.6 is 22.9 Å². The summed E-state index contributed by atoms with van der Waals surface area (Å²) in [7, 11) is 0. The molecule has 3 N–H and O–H groups in total. The lowest BCUT2D eigenvalue weighted by molar-refractivity contribution is 0.155. The summed E-state index contributed by atoms with van der Waals surface area (Å²) in [5, 5.41) is 3.34. The minimum absolute atomic E-state index is 0.154. The Morgan fingerprint density at radius 3 is 2.94 bits per heavy atom. The Morgan fingerprint density at radius 2 is 2.41 bits per heavy atom. The van der Waals surface area contributed by atoms with Crippen LogP contribution in [-0.4, -0.2) is 26.3 Å². The maximum absolute atomic E-state index is 5.90. The molecule has 1 unspecified atom stereocenters. The highest BCUT2D eigenvalue weighted by Crippen LogP contribution is 2.26. The van der Waals surface area contributed by atoms with Crippen LogP contribution in [0.5, 0.6) is 0 Å². The molecule has 3 nitrogen and oxygen atoms in total. The third kappa shape index (κ3) is 5.66. The fourth-order valence-electron chi connectivity index (χ4n) is 1.37. The lowest BCUT2D eigenvalue weighted by Crippen LogP contribution is -2.30. The topological polar surface area (TPSA) is 47.3 Å². The first-order chi connectivity index (χ1) is 8.13. The molecule has 0 amide bonds. The van der Waals surface area contributed by atoms with E-state index in [-0.39, 0.29) is 6.04 Å². The van der Waals surface area contributed by atoms with Gasteiger partial charge in [0, 0.05) is 18.0 Å². The van der Waals surface area contributed by atoms with Gasteiger partial charge in [-0.05, 0) is 19.1 Å². The molecule has 0 fully saturated rings. The highest BCUT2D eigenvalue weighted by atomic mass is 35.5. The molecule has 1 rings (SSSR count). The van der Waals surface area contributed by atoms with Gasteiger partial charge in [0.1, 0.15) is 0 Å². The predicted octanol–water partition coefficient (Wildman–Crippen LogP) is 2.58. The zero-order chi connectivity index (χ0) is 12.7. The van der Waals surface area contributed by atoms with Gasteiger partial charge >= 0.3 is 0 Å². The third-order valence-corrected chi connectivity index (χ3v) is 3.50. The van der Waals surface area contributed by atoms with E-state index >= 15 is 0 Å². The van der Waals surface area contributed by atoms with E-state index in [2.05, 4.69) is 11.9 Å². The van der Waals surface area contributed by atoms with E-state index in [1.165, 1.54) is 0 Å². The number of ether oxygens (including phenoxy) is 1. The van der Waals surface area contributed by atoms with Crippen LogP contribution in [0.1, 0.15) is 17.8 Å². The van der Waals surface area contributed by atoms with Crippen LogP contribution in [0.4, 0.5) is 0 Å². The summed E-state index contributed by atoms with van der Waals surface area (Å²) in [4.78, 5) is 1.16. The van der Waals surface area contributed by atoms with Crippen LogP contribution in [-0.2, 0) is 4.74 Å². The monoisotopic (exact) mass is 274 g/mol. The van der Waals surface area contributed by atoms with Crippen molar-refractivity contribution in [1.82, 2.24) is 5.32 Å². The molecule has 5 heteroatoms. The fraction of sp³-hybridized carbons (Fsp3) is 0.500. The molecule has 1 aromatic heterocycles. The van der Waals surface area contributed by atoms with Crippen molar-refractivity contribution in [2.45, 2.75) is 13.0 Å². The number of rotatable bonds is 8. The van der Waals surface area contributed by atoms with Crippen molar-refractivity contribution in [3.63, 3.8) is 0 Å². The van der Waals surface area contributed by atoms with Crippen molar-refractivity contribution >= 4 is 22.9 Å². The lowest BCUT2D eigenvalue weighted by atomic mass is 10.2. The normalized spacial score (nSPS) is 12.6. The molecule has 0 bridgehead atoms. The maximum atomic E-state index is 5.90. The van der Waals surface area contributed by atoms with Crippen molar-refractivity contribution in [1.29, 1.82) is 0 Å². The molecule has 0 saturated heterocycles. The molecule has 96 valence electrons. The second-order valence-corrected chi connectivity index (χ2v) is 5.64. The standard InChI is InChI=1S/C12H19ClN2OS/c1-9(2)8-16-6-5-15-10(7-14)11-3-4-12(13)17-11/h3-4,10,15H,1,5-8,14H2,2H3. The van der Waals surface area contributed by atoms with Crippen LogP contribution in [0.15, 0.2) is 24.3 Å². The molecule has 0 aromatic carbocycles. The van der Waals surface area contributed by atoms with Crippen molar-refractivity contribution in [3.05, 3.63) is 33.5 Å². The van der Waals surface area contributed by atoms with Gasteiger partial charge in [0.05, 0.1) is 23.6 Å². The quantitative estimate of drug-likeness (QED) is 0.566. The van der Waals surface area contributed by atoms with Gasteiger partial charge in [0.2, 0.25) is 0 Å². The van der Waals surface area contributed by atoms with Gasteiger partial charge in [0.15, 0.2) is 0 Å². The van der Waals surface area contributed by atoms with E-state index in [1.54, 1.807) is 11.3 Å². The Kier molecular flexibility index (Phi) is 6.77. The average molecular weight is 275 g/mol. The van der Waals surface area contributed by atoms with Crippen molar-refractivity contribution < 1.29 is 4.74 Å². The smallest absolute Gasteiger partial charge is 0.0931 e. The van der Waals surface area contributed by atoms with E-state index in [0.29, 0.717) is 19.8 Å². The van der Waals surface area contributed by atoms with E-state index in [9.17, 15) is 0 Å². The summed E-state index contributed by atoms with van der Waals surface area (Å²) >= 11 is 7.45. The summed E-state index contributed by atoms with van der Waals surface area (Å²) in [5.41, 5.74) is 6.76. The van der Waals surface area contributed by atoms with E-state index < -0.39 is 0 Å². The van der Waals surface area contributed by atoms with Gasteiger partial charge in [0.25, 0.3) is 0 Å². The average Bonchev–Trinajstić information content (AvgIpc) is 2.70. The zero-order valence-corrected chi connectivity index (χ0v) is 11.6. The summed E-state index contributed by atoms with van der Waals surface area (Å²) in [6.07, 6.45) is 0. The van der Waals surface area contributed by atoms with Crippen LogP contribution in [0, 0.1) is 0 Å². The Balaban J connectivity index is 2.26. The molecule has 0 spiro atoms. The molecular formula is C12H19ClN2OS. The minimum Gasteiger partial charge on any atom is -0.376 e. The summed E-state index contributed by atoms with van der Waals surface area (Å²) < 4.78 is 6.20. The molecule has 1 atom stereocenters. The fourth-order valence-corrected chi connectivity index (χ4v) is 2.52. The first-order valence-corrected chi connectivity index (χ1v) is 6.73. The van der Waals surface area contributed by atoms with Gasteiger partial charge in [-0.1, -0.05) is 23.8 Å². The van der Waals surface area contributed by atoms with Crippen LogP contribution in [0.3, 0.4) is 0 Å². The predicted molar refractivity (Wildman–Crippen MR) is 74.8 cm³/mol. The van der Waals surface area contributed by atoms with E-state index in [1.807, 2.05) is 19.1 Å². The second-order valence-electron chi connectivity index (χ2n) is 3.89. The molecule has 0 aliphatic rings. The maximum Gasteiger partial charge on any atom is 0.0931 e. The van der Waals surface area contributed by atoms with Gasteiger partial charge in [-0.25, -0.2) is 0 Å². The number of nitrogens with two attached hydrogens (primary N) is 1. The number of halogens is 1. The van der Waals surface area contributed by atoms with Gasteiger partial charge in [-0.15, -0.1) is 11.3 Å². The van der Waals surface area contributed by atoms with E-state index in [4.69, 9.17) is 22.1 Å². The van der Waals surface area contributed by atoms with Gasteiger partial charge < -0.3 is 15.8 Å². The lowest BCUT2D eigenvalue weighted by Gasteiger charge is -2.15. The first kappa shape index (κ1) is 14.7. The molecule has 17 heavy (non-hydrogen) atoms. The van der Waals surface area contributed by atoms with Crippen LogP contribution in [0.2, 0.25) is 4.34 Å². The van der Waals surface area contributed by atoms with E-state index in [0.717, 1.165) is 21.3 Å². The highest BCUT2D eigenvalue weighted by molar-refractivity contribution is 7.16. The third-order valence-electron chi connectivity index (χ3n) is 2.16. The van der Waals surface area contributed by atoms with Crippen LogP contribution in [0.25, 0.3) is 0 Å². The molecule has 0 radical (unpaired) electrons. The molecule has 0 aliphatic carbocycles. The Labute approximate surface area is 112 Å². The minimum atomic E-state index is 0.154. The number of hydrogen-bond donors (Lipinski definition) is 2. The SMILES string of the molecule is C=C(C)COCCNC(CN)c1ccc(Cl)s1. The summed E-state index contributed by atoms with van der Waals surface area (Å²) in [6.45, 7) is 8.31. The Morgan fingerprint density at radius 1 is 1.65 bits per heavy atom. The number of thiophene rings is 1. The summed E-state index contributed by atoms with van der Waals surface area (Å²) in [5.74, 6) is 0. The zero-order valence-electron chi connectivity index (χ0n) is 10.0. The van der Waals surface area contributed by atoms with Crippen LogP contribution < -0.4 is 11.1 Å².